The zero-order valence-corrected chi connectivity index (χ0v) is 16.8. The van der Waals surface area contributed by atoms with Crippen LogP contribution in [0.25, 0.3) is 0 Å². The normalized spacial score (nSPS) is 13.1. The minimum Gasteiger partial charge on any atom is -0.352 e. The summed E-state index contributed by atoms with van der Waals surface area (Å²) in [5.74, 6) is -0.746. The molecule has 0 heterocycles. The van der Waals surface area contributed by atoms with Gasteiger partial charge in [-0.25, -0.2) is 0 Å². The van der Waals surface area contributed by atoms with E-state index in [0.717, 1.165) is 12.8 Å². The van der Waals surface area contributed by atoms with Crippen molar-refractivity contribution < 1.29 is 14.4 Å². The number of rotatable bonds is 8. The lowest BCUT2D eigenvalue weighted by Crippen LogP contribution is -2.39. The fraction of sp³-hybridized carbons (Fsp3) is 0.286. The van der Waals surface area contributed by atoms with Crippen molar-refractivity contribution in [3.05, 3.63) is 59.1 Å². The van der Waals surface area contributed by atoms with Gasteiger partial charge in [-0.15, -0.1) is 0 Å². The first-order chi connectivity index (χ1) is 13.9. The van der Waals surface area contributed by atoms with Crippen molar-refractivity contribution in [3.8, 4) is 0 Å². The number of hydrogen-bond donors (Lipinski definition) is 3. The van der Waals surface area contributed by atoms with Crippen LogP contribution in [-0.4, -0.2) is 48.8 Å². The van der Waals surface area contributed by atoms with Gasteiger partial charge < -0.3 is 16.0 Å². The highest BCUT2D eigenvalue weighted by Gasteiger charge is 2.24. The second kappa shape index (κ2) is 9.54. The third kappa shape index (κ3) is 6.58. The Hall–Kier alpha value is -2.90. The number of anilines is 2. The SMILES string of the molecule is CN(CC(=O)Nc1ccccc1C(=O)Nc1ccc(Cl)cc1)CC(=O)NC1CC1. The van der Waals surface area contributed by atoms with Gasteiger partial charge in [0.25, 0.3) is 5.91 Å². The minimum absolute atomic E-state index is 0.0330. The van der Waals surface area contributed by atoms with Crippen LogP contribution in [0.15, 0.2) is 48.5 Å². The van der Waals surface area contributed by atoms with Crippen molar-refractivity contribution in [1.82, 2.24) is 10.2 Å². The molecule has 0 aromatic heterocycles. The average molecular weight is 415 g/mol. The summed E-state index contributed by atoms with van der Waals surface area (Å²) >= 11 is 5.86. The van der Waals surface area contributed by atoms with Crippen LogP contribution < -0.4 is 16.0 Å². The second-order valence-electron chi connectivity index (χ2n) is 7.07. The maximum Gasteiger partial charge on any atom is 0.257 e. The molecule has 0 saturated heterocycles. The van der Waals surface area contributed by atoms with E-state index in [1.807, 2.05) is 0 Å². The number of amides is 3. The molecule has 0 bridgehead atoms. The Bertz CT molecular complexity index is 897. The van der Waals surface area contributed by atoms with Crippen LogP contribution in [0.3, 0.4) is 0 Å². The minimum atomic E-state index is -0.347. The summed E-state index contributed by atoms with van der Waals surface area (Å²) in [6, 6.07) is 13.8. The lowest BCUT2D eigenvalue weighted by atomic mass is 10.1. The molecule has 1 aliphatic carbocycles. The van der Waals surface area contributed by atoms with Gasteiger partial charge in [-0.3, -0.25) is 19.3 Å². The molecule has 7 nitrogen and oxygen atoms in total. The number of halogens is 1. The lowest BCUT2D eigenvalue weighted by molar-refractivity contribution is -0.123. The van der Waals surface area contributed by atoms with E-state index in [1.54, 1.807) is 60.5 Å². The smallest absolute Gasteiger partial charge is 0.257 e. The molecule has 0 aliphatic heterocycles. The van der Waals surface area contributed by atoms with Crippen molar-refractivity contribution in [2.75, 3.05) is 30.8 Å². The number of likely N-dealkylation sites (N-methyl/N-ethyl adjacent to an activating group) is 1. The number of nitrogens with one attached hydrogen (secondary N) is 3. The number of nitrogens with zero attached hydrogens (tertiary/aromatic N) is 1. The van der Waals surface area contributed by atoms with E-state index >= 15 is 0 Å². The molecule has 0 atom stereocenters. The predicted octanol–water partition coefficient (Wildman–Crippen LogP) is 2.74. The van der Waals surface area contributed by atoms with Gasteiger partial charge in [0.1, 0.15) is 0 Å². The molecule has 3 rings (SSSR count). The highest BCUT2D eigenvalue weighted by atomic mass is 35.5. The third-order valence-electron chi connectivity index (χ3n) is 4.32. The van der Waals surface area contributed by atoms with Gasteiger partial charge in [0.2, 0.25) is 11.8 Å². The van der Waals surface area contributed by atoms with Gasteiger partial charge in [-0.05, 0) is 56.3 Å². The fourth-order valence-electron chi connectivity index (χ4n) is 2.76. The van der Waals surface area contributed by atoms with Crippen LogP contribution in [0.2, 0.25) is 5.02 Å². The zero-order chi connectivity index (χ0) is 20.8. The number of carbonyl (C=O) groups is 3. The molecule has 1 aliphatic rings. The van der Waals surface area contributed by atoms with E-state index in [2.05, 4.69) is 16.0 Å². The molecule has 8 heteroatoms. The van der Waals surface area contributed by atoms with Crippen LogP contribution in [-0.2, 0) is 9.59 Å². The maximum absolute atomic E-state index is 12.6. The van der Waals surface area contributed by atoms with E-state index in [0.29, 0.717) is 22.0 Å². The van der Waals surface area contributed by atoms with E-state index in [1.165, 1.54) is 0 Å². The average Bonchev–Trinajstić information content (AvgIpc) is 3.47. The summed E-state index contributed by atoms with van der Waals surface area (Å²) < 4.78 is 0. The summed E-state index contributed by atoms with van der Waals surface area (Å²) in [5, 5.41) is 8.99. The molecule has 2 aromatic rings. The Balaban J connectivity index is 1.57. The number of benzene rings is 2. The van der Waals surface area contributed by atoms with E-state index in [4.69, 9.17) is 11.6 Å². The van der Waals surface area contributed by atoms with Crippen molar-refractivity contribution in [2.24, 2.45) is 0 Å². The van der Waals surface area contributed by atoms with Crippen molar-refractivity contribution in [2.45, 2.75) is 18.9 Å². The molecule has 3 N–H and O–H groups in total. The van der Waals surface area contributed by atoms with Gasteiger partial charge >= 0.3 is 0 Å². The fourth-order valence-corrected chi connectivity index (χ4v) is 2.88. The number of hydrogen-bond acceptors (Lipinski definition) is 4. The molecule has 0 spiro atoms. The molecule has 29 heavy (non-hydrogen) atoms. The van der Waals surface area contributed by atoms with Crippen LogP contribution in [0.4, 0.5) is 11.4 Å². The summed E-state index contributed by atoms with van der Waals surface area (Å²) in [7, 11) is 1.70. The Morgan fingerprint density at radius 1 is 0.966 bits per heavy atom. The second-order valence-corrected chi connectivity index (χ2v) is 7.51. The van der Waals surface area contributed by atoms with E-state index in [9.17, 15) is 14.4 Å². The van der Waals surface area contributed by atoms with Gasteiger partial charge in [-0.2, -0.15) is 0 Å². The quantitative estimate of drug-likeness (QED) is 0.619. The summed E-state index contributed by atoms with van der Waals surface area (Å²) in [5.41, 5.74) is 1.34. The Labute approximate surface area is 174 Å². The van der Waals surface area contributed by atoms with Crippen LogP contribution in [0.1, 0.15) is 23.2 Å². The van der Waals surface area contributed by atoms with Crippen molar-refractivity contribution in [3.63, 3.8) is 0 Å². The number of para-hydroxylation sites is 1. The Morgan fingerprint density at radius 3 is 2.31 bits per heavy atom. The first-order valence-electron chi connectivity index (χ1n) is 9.34. The monoisotopic (exact) mass is 414 g/mol. The predicted molar refractivity (Wildman–Crippen MR) is 113 cm³/mol. The molecule has 1 saturated carbocycles. The molecule has 152 valence electrons. The Kier molecular flexibility index (Phi) is 6.85. The summed E-state index contributed by atoms with van der Waals surface area (Å²) in [4.78, 5) is 38.5. The highest BCUT2D eigenvalue weighted by molar-refractivity contribution is 6.30. The molecule has 2 aromatic carbocycles. The van der Waals surface area contributed by atoms with Crippen LogP contribution in [0, 0.1) is 0 Å². The largest absolute Gasteiger partial charge is 0.352 e. The first kappa shape index (κ1) is 20.8. The third-order valence-corrected chi connectivity index (χ3v) is 4.57. The summed E-state index contributed by atoms with van der Waals surface area (Å²) in [6.07, 6.45) is 2.04. The molecule has 1 fully saturated rings. The summed E-state index contributed by atoms with van der Waals surface area (Å²) in [6.45, 7) is 0.174. The molecule has 3 amide bonds. The van der Waals surface area contributed by atoms with E-state index < -0.39 is 0 Å². The Morgan fingerprint density at radius 2 is 1.62 bits per heavy atom. The topological polar surface area (TPSA) is 90.5 Å². The standard InChI is InChI=1S/C21H23ClN4O3/c1-26(12-19(27)23-15-10-11-15)13-20(28)25-18-5-3-2-4-17(18)21(29)24-16-8-6-14(22)7-9-16/h2-9,15H,10-13H2,1H3,(H,23,27)(H,24,29)(H,25,28). The van der Waals surface area contributed by atoms with Crippen molar-refractivity contribution in [1.29, 1.82) is 0 Å². The van der Waals surface area contributed by atoms with Gasteiger partial charge in [0.05, 0.1) is 24.3 Å². The van der Waals surface area contributed by atoms with Gasteiger partial charge in [0, 0.05) is 16.8 Å². The van der Waals surface area contributed by atoms with E-state index in [-0.39, 0.29) is 36.9 Å². The van der Waals surface area contributed by atoms with Gasteiger partial charge in [-0.1, -0.05) is 23.7 Å². The van der Waals surface area contributed by atoms with Gasteiger partial charge in [0.15, 0.2) is 0 Å². The lowest BCUT2D eigenvalue weighted by Gasteiger charge is -2.17. The zero-order valence-electron chi connectivity index (χ0n) is 16.1. The maximum atomic E-state index is 12.6. The van der Waals surface area contributed by atoms with Crippen LogP contribution >= 0.6 is 11.6 Å². The highest BCUT2D eigenvalue weighted by Crippen LogP contribution is 2.19. The molecule has 0 unspecified atom stereocenters. The van der Waals surface area contributed by atoms with Crippen molar-refractivity contribution >= 4 is 40.7 Å². The molecular formula is C21H23ClN4O3. The van der Waals surface area contributed by atoms with Crippen LogP contribution in [0.5, 0.6) is 0 Å². The number of carbonyl (C=O) groups excluding carboxylic acids is 3. The molecule has 0 radical (unpaired) electrons. The molecular weight excluding hydrogens is 392 g/mol. The first-order valence-corrected chi connectivity index (χ1v) is 9.72.